The molecule has 0 bridgehead atoms. The third kappa shape index (κ3) is 7.02. The van der Waals surface area contributed by atoms with Gasteiger partial charge in [0, 0.05) is 6.54 Å². The molecule has 2 aliphatic rings. The van der Waals surface area contributed by atoms with Crippen LogP contribution in [0, 0.1) is 5.92 Å². The zero-order chi connectivity index (χ0) is 23.5. The van der Waals surface area contributed by atoms with Crippen LogP contribution in [0.25, 0.3) is 0 Å². The summed E-state index contributed by atoms with van der Waals surface area (Å²) in [6, 6.07) is -1.30. The molecule has 0 aromatic rings. The second-order valence-electron chi connectivity index (χ2n) is 8.30. The fraction of sp³-hybridized carbons (Fsp3) is 0.944. The number of likely N-dealkylation sites (N-methyl/N-ethyl adjacent to an activating group) is 1. The van der Waals surface area contributed by atoms with Crippen LogP contribution in [0.3, 0.4) is 0 Å². The van der Waals surface area contributed by atoms with Crippen molar-refractivity contribution in [2.45, 2.75) is 80.4 Å². The molecule has 0 radical (unpaired) electrons. The summed E-state index contributed by atoms with van der Waals surface area (Å²) >= 11 is 7.46. The number of thioether (sulfide) groups is 1. The highest BCUT2D eigenvalue weighted by atomic mass is 35.5. The Hall–Kier alpha value is 0.0600. The van der Waals surface area contributed by atoms with Crippen LogP contribution < -0.4 is 5.32 Å². The van der Waals surface area contributed by atoms with Crippen molar-refractivity contribution in [3.05, 3.63) is 0 Å². The molecule has 0 saturated carbocycles. The molecule has 182 valence electrons. The summed E-state index contributed by atoms with van der Waals surface area (Å²) in [7, 11) is -3.16. The molecule has 0 aromatic heterocycles. The van der Waals surface area contributed by atoms with Crippen LogP contribution in [0.4, 0.5) is 0 Å². The number of ether oxygens (including phenoxy) is 1. The molecular formula is C18H34ClN2O8PS. The van der Waals surface area contributed by atoms with Crippen molar-refractivity contribution >= 4 is 37.1 Å². The van der Waals surface area contributed by atoms with Gasteiger partial charge in [0.25, 0.3) is 0 Å². The standard InChI is InChI=1S/C18H34ClN2O8PS/c1-5-6-10-7-11(21(3)8-10)17(24)20-12(9(2)19)15-16(29-30(25,26)27)13(22)14(23)18(28-15)31-4/h9-16,18,22-23H,5-8H2,1-4H3,(H,20,24)(H2,25,26,27)/t9-,10+,11+,12+,13+,14+,15-,16+,18+/m0/s1. The number of rotatable bonds is 9. The predicted octanol–water partition coefficient (Wildman–Crippen LogP) is 0.507. The zero-order valence-corrected chi connectivity index (χ0v) is 20.6. The molecule has 2 fully saturated rings. The highest BCUT2D eigenvalue weighted by molar-refractivity contribution is 7.99. The van der Waals surface area contributed by atoms with E-state index < -0.39 is 49.1 Å². The number of phosphoric acid groups is 1. The number of aliphatic hydroxyl groups is 2. The first kappa shape index (κ1) is 27.3. The second-order valence-corrected chi connectivity index (χ2v) is 11.1. The van der Waals surface area contributed by atoms with E-state index in [0.29, 0.717) is 12.3 Å². The lowest BCUT2D eigenvalue weighted by Gasteiger charge is -2.45. The van der Waals surface area contributed by atoms with Crippen molar-refractivity contribution in [3.63, 3.8) is 0 Å². The summed E-state index contributed by atoms with van der Waals surface area (Å²) in [5.74, 6) is 0.130. The largest absolute Gasteiger partial charge is 0.470 e. The Morgan fingerprint density at radius 3 is 2.55 bits per heavy atom. The minimum atomic E-state index is -5.04. The van der Waals surface area contributed by atoms with Crippen LogP contribution in [-0.4, -0.2) is 98.0 Å². The summed E-state index contributed by atoms with van der Waals surface area (Å²) in [6.45, 7) is 4.51. The monoisotopic (exact) mass is 504 g/mol. The Balaban J connectivity index is 2.25. The first-order chi connectivity index (χ1) is 14.4. The Morgan fingerprint density at radius 1 is 1.39 bits per heavy atom. The lowest BCUT2D eigenvalue weighted by molar-refractivity contribution is -0.201. The maximum atomic E-state index is 13.1. The summed E-state index contributed by atoms with van der Waals surface area (Å²) in [6.07, 6.45) is -1.49. The number of alkyl halides is 1. The Morgan fingerprint density at radius 2 is 2.03 bits per heavy atom. The molecule has 0 aromatic carbocycles. The van der Waals surface area contributed by atoms with Crippen LogP contribution in [0.2, 0.25) is 0 Å². The van der Waals surface area contributed by atoms with Gasteiger partial charge in [0.2, 0.25) is 5.91 Å². The molecule has 2 aliphatic heterocycles. The van der Waals surface area contributed by atoms with Crippen molar-refractivity contribution < 1.29 is 38.6 Å². The molecule has 0 spiro atoms. The normalized spacial score (nSPS) is 36.9. The zero-order valence-electron chi connectivity index (χ0n) is 18.1. The number of carbonyl (C=O) groups is 1. The molecule has 5 N–H and O–H groups in total. The third-order valence-corrected chi connectivity index (χ3v) is 7.51. The number of carbonyl (C=O) groups excluding carboxylic acids is 1. The van der Waals surface area contributed by atoms with E-state index in [-0.39, 0.29) is 11.9 Å². The second kappa shape index (κ2) is 11.5. The van der Waals surface area contributed by atoms with Gasteiger partial charge in [-0.15, -0.1) is 23.4 Å². The van der Waals surface area contributed by atoms with Crippen LogP contribution in [0.1, 0.15) is 33.1 Å². The molecule has 9 atom stereocenters. The minimum Gasteiger partial charge on any atom is -0.387 e. The summed E-state index contributed by atoms with van der Waals surface area (Å²) < 4.78 is 22.1. The van der Waals surface area contributed by atoms with E-state index >= 15 is 0 Å². The number of aliphatic hydroxyl groups excluding tert-OH is 2. The molecule has 31 heavy (non-hydrogen) atoms. The van der Waals surface area contributed by atoms with Gasteiger partial charge in [-0.2, -0.15) is 0 Å². The average Bonchev–Trinajstić information content (AvgIpc) is 3.03. The van der Waals surface area contributed by atoms with Crippen molar-refractivity contribution in [1.29, 1.82) is 0 Å². The number of likely N-dealkylation sites (tertiary alicyclic amines) is 1. The number of nitrogens with zero attached hydrogens (tertiary/aromatic N) is 1. The summed E-state index contributed by atoms with van der Waals surface area (Å²) in [4.78, 5) is 33.7. The Kier molecular flexibility index (Phi) is 10.1. The molecule has 13 heteroatoms. The molecule has 0 aliphatic carbocycles. The summed E-state index contributed by atoms with van der Waals surface area (Å²) in [5.41, 5.74) is -0.894. The Bertz CT molecular complexity index is 656. The van der Waals surface area contributed by atoms with Crippen molar-refractivity contribution in [2.24, 2.45) is 5.92 Å². The van der Waals surface area contributed by atoms with E-state index in [2.05, 4.69) is 12.2 Å². The smallest absolute Gasteiger partial charge is 0.387 e. The number of halogens is 1. The van der Waals surface area contributed by atoms with Gasteiger partial charge in [-0.25, -0.2) is 4.57 Å². The minimum absolute atomic E-state index is 0.279. The van der Waals surface area contributed by atoms with Gasteiger partial charge in [-0.05, 0) is 39.0 Å². The van der Waals surface area contributed by atoms with Crippen LogP contribution in [0.15, 0.2) is 0 Å². The lowest BCUT2D eigenvalue weighted by Crippen LogP contribution is -2.65. The topological polar surface area (TPSA) is 149 Å². The highest BCUT2D eigenvalue weighted by Gasteiger charge is 2.51. The van der Waals surface area contributed by atoms with E-state index in [1.165, 1.54) is 0 Å². The number of nitrogens with one attached hydrogen (secondary N) is 1. The molecule has 0 unspecified atom stereocenters. The van der Waals surface area contributed by atoms with Crippen molar-refractivity contribution in [2.75, 3.05) is 19.8 Å². The van der Waals surface area contributed by atoms with Crippen LogP contribution >= 0.6 is 31.2 Å². The van der Waals surface area contributed by atoms with Gasteiger partial charge in [-0.3, -0.25) is 14.2 Å². The number of amides is 1. The van der Waals surface area contributed by atoms with Crippen LogP contribution in [-0.2, 0) is 18.6 Å². The maximum absolute atomic E-state index is 13.1. The highest BCUT2D eigenvalue weighted by Crippen LogP contribution is 2.43. The van der Waals surface area contributed by atoms with E-state index in [1.807, 2.05) is 11.9 Å². The quantitative estimate of drug-likeness (QED) is 0.222. The van der Waals surface area contributed by atoms with E-state index in [9.17, 15) is 29.4 Å². The Labute approximate surface area is 192 Å². The number of hydrogen-bond acceptors (Lipinski definition) is 8. The molecule has 1 amide bonds. The van der Waals surface area contributed by atoms with E-state index in [1.54, 1.807) is 13.2 Å². The lowest BCUT2D eigenvalue weighted by atomic mass is 9.92. The first-order valence-electron chi connectivity index (χ1n) is 10.3. The molecule has 10 nitrogen and oxygen atoms in total. The van der Waals surface area contributed by atoms with Gasteiger partial charge in [0.15, 0.2) is 0 Å². The summed E-state index contributed by atoms with van der Waals surface area (Å²) in [5, 5.41) is 22.9. The van der Waals surface area contributed by atoms with Gasteiger partial charge in [-0.1, -0.05) is 13.3 Å². The maximum Gasteiger partial charge on any atom is 0.470 e. The molecule has 2 saturated heterocycles. The fourth-order valence-corrected chi connectivity index (χ4v) is 5.82. The fourth-order valence-electron chi connectivity index (χ4n) is 4.38. The SMILES string of the molecule is CCC[C@@H]1C[C@H](C(=O)N[C@@H]([C@@H]2O[C@H](SC)[C@H](O)[C@@H](O)[C@H]2OP(=O)(O)O)[C@H](C)Cl)N(C)C1. The first-order valence-corrected chi connectivity index (χ1v) is 13.6. The van der Waals surface area contributed by atoms with Gasteiger partial charge in [0.05, 0.1) is 17.5 Å². The van der Waals surface area contributed by atoms with Crippen molar-refractivity contribution in [3.8, 4) is 0 Å². The molecule has 2 rings (SSSR count). The predicted molar refractivity (Wildman–Crippen MR) is 118 cm³/mol. The average molecular weight is 505 g/mol. The number of phosphoric ester groups is 1. The van der Waals surface area contributed by atoms with Gasteiger partial charge >= 0.3 is 7.82 Å². The van der Waals surface area contributed by atoms with E-state index in [0.717, 1.165) is 31.1 Å². The molecule has 2 heterocycles. The van der Waals surface area contributed by atoms with Crippen molar-refractivity contribution in [1.82, 2.24) is 10.2 Å². The van der Waals surface area contributed by atoms with Crippen LogP contribution in [0.5, 0.6) is 0 Å². The van der Waals surface area contributed by atoms with Gasteiger partial charge in [0.1, 0.15) is 29.9 Å². The molecular weight excluding hydrogens is 471 g/mol. The van der Waals surface area contributed by atoms with Gasteiger partial charge < -0.3 is 30.1 Å². The van der Waals surface area contributed by atoms with E-state index in [4.69, 9.17) is 20.9 Å². The number of hydrogen-bond donors (Lipinski definition) is 5. The third-order valence-electron chi connectivity index (χ3n) is 5.86.